The topological polar surface area (TPSA) is 85.1 Å². The summed E-state index contributed by atoms with van der Waals surface area (Å²) in [7, 11) is -3.54. The summed E-state index contributed by atoms with van der Waals surface area (Å²) in [6.45, 7) is 3.91. The van der Waals surface area contributed by atoms with Gasteiger partial charge in [-0.3, -0.25) is 0 Å². The first-order valence-corrected chi connectivity index (χ1v) is 9.35. The van der Waals surface area contributed by atoms with Crippen LogP contribution in [-0.2, 0) is 10.0 Å². The molecule has 0 unspecified atom stereocenters. The Bertz CT molecular complexity index is 777. The zero-order valence-electron chi connectivity index (χ0n) is 13.3. The third-order valence-corrected chi connectivity index (χ3v) is 5.79. The molecule has 7 heteroatoms. The molecular formula is C16H21N3O3S. The van der Waals surface area contributed by atoms with E-state index in [9.17, 15) is 8.42 Å². The normalized spacial score (nSPS) is 22.2. The lowest BCUT2D eigenvalue weighted by molar-refractivity contribution is 0.332. The highest BCUT2D eigenvalue weighted by atomic mass is 32.2. The second-order valence-corrected chi connectivity index (χ2v) is 7.96. The Labute approximate surface area is 136 Å². The first-order chi connectivity index (χ1) is 10.9. The number of benzene rings is 1. The molecule has 2 aromatic rings. The molecule has 0 aliphatic heterocycles. The maximum atomic E-state index is 12.6. The number of sulfonamides is 1. The van der Waals surface area contributed by atoms with Crippen LogP contribution in [0, 0.1) is 12.8 Å². The molecule has 1 saturated carbocycles. The molecule has 23 heavy (non-hydrogen) atoms. The highest BCUT2D eigenvalue weighted by Gasteiger charge is 2.24. The number of nitrogens with one attached hydrogen (secondary N) is 1. The van der Waals surface area contributed by atoms with Gasteiger partial charge in [0.25, 0.3) is 0 Å². The van der Waals surface area contributed by atoms with Crippen LogP contribution in [0.2, 0.25) is 0 Å². The Morgan fingerprint density at radius 2 is 1.96 bits per heavy atom. The van der Waals surface area contributed by atoms with Crippen LogP contribution in [-0.4, -0.2) is 24.6 Å². The Morgan fingerprint density at radius 1 is 1.22 bits per heavy atom. The van der Waals surface area contributed by atoms with Crippen molar-refractivity contribution in [1.82, 2.24) is 14.9 Å². The minimum absolute atomic E-state index is 0.0206. The van der Waals surface area contributed by atoms with Gasteiger partial charge in [0, 0.05) is 18.5 Å². The molecule has 6 nitrogen and oxygen atoms in total. The van der Waals surface area contributed by atoms with Gasteiger partial charge in [-0.1, -0.05) is 24.2 Å². The molecule has 3 rings (SSSR count). The van der Waals surface area contributed by atoms with Crippen molar-refractivity contribution in [1.29, 1.82) is 0 Å². The Kier molecular flexibility index (Phi) is 4.50. The van der Waals surface area contributed by atoms with E-state index in [-0.39, 0.29) is 10.9 Å². The van der Waals surface area contributed by atoms with E-state index < -0.39 is 10.0 Å². The van der Waals surface area contributed by atoms with Crippen LogP contribution in [0.4, 0.5) is 0 Å². The molecule has 0 spiro atoms. The lowest BCUT2D eigenvalue weighted by Crippen LogP contribution is -2.37. The van der Waals surface area contributed by atoms with E-state index in [2.05, 4.69) is 21.8 Å². The zero-order valence-corrected chi connectivity index (χ0v) is 14.1. The van der Waals surface area contributed by atoms with Gasteiger partial charge in [0.2, 0.25) is 21.7 Å². The van der Waals surface area contributed by atoms with Gasteiger partial charge in [-0.15, -0.1) is 0 Å². The number of aryl methyl sites for hydroxylation is 1. The standard InChI is InChI=1S/C16H21N3O3S/c1-11-6-8-14(9-7-11)19-23(20,21)15-5-3-4-13(10-15)16-17-12(2)22-18-16/h3-5,10-11,14,19H,6-9H2,1-2H3. The van der Waals surface area contributed by atoms with E-state index in [1.807, 2.05) is 0 Å². The molecule has 1 heterocycles. The monoisotopic (exact) mass is 335 g/mol. The molecule has 1 aromatic carbocycles. The van der Waals surface area contributed by atoms with E-state index in [1.54, 1.807) is 31.2 Å². The van der Waals surface area contributed by atoms with Crippen molar-refractivity contribution >= 4 is 10.0 Å². The average molecular weight is 335 g/mol. The van der Waals surface area contributed by atoms with E-state index in [1.165, 1.54) is 0 Å². The number of nitrogens with zero attached hydrogens (tertiary/aromatic N) is 2. The van der Waals surface area contributed by atoms with Crippen LogP contribution < -0.4 is 4.72 Å². The molecule has 1 aliphatic carbocycles. The fourth-order valence-corrected chi connectivity index (χ4v) is 4.23. The lowest BCUT2D eigenvalue weighted by atomic mass is 9.88. The molecule has 0 atom stereocenters. The summed E-state index contributed by atoms with van der Waals surface area (Å²) in [4.78, 5) is 4.37. The van der Waals surface area contributed by atoms with Crippen molar-refractivity contribution in [3.05, 3.63) is 30.2 Å². The van der Waals surface area contributed by atoms with E-state index in [0.717, 1.165) is 25.7 Å². The second kappa shape index (κ2) is 6.41. The van der Waals surface area contributed by atoms with Crippen molar-refractivity contribution in [2.24, 2.45) is 5.92 Å². The van der Waals surface area contributed by atoms with Gasteiger partial charge < -0.3 is 4.52 Å². The third kappa shape index (κ3) is 3.79. The summed E-state index contributed by atoms with van der Waals surface area (Å²) in [6.07, 6.45) is 3.92. The van der Waals surface area contributed by atoms with Crippen LogP contribution in [0.3, 0.4) is 0 Å². The van der Waals surface area contributed by atoms with Gasteiger partial charge in [-0.2, -0.15) is 4.98 Å². The number of aromatic nitrogens is 2. The molecule has 1 aromatic heterocycles. The molecule has 0 amide bonds. The maximum absolute atomic E-state index is 12.6. The largest absolute Gasteiger partial charge is 0.339 e. The quantitative estimate of drug-likeness (QED) is 0.928. The number of hydrogen-bond donors (Lipinski definition) is 1. The summed E-state index contributed by atoms with van der Waals surface area (Å²) >= 11 is 0. The van der Waals surface area contributed by atoms with Gasteiger partial charge in [0.05, 0.1) is 4.90 Å². The van der Waals surface area contributed by atoms with Crippen molar-refractivity contribution < 1.29 is 12.9 Å². The molecule has 0 bridgehead atoms. The summed E-state index contributed by atoms with van der Waals surface area (Å²) in [5.74, 6) is 1.52. The summed E-state index contributed by atoms with van der Waals surface area (Å²) in [5, 5.41) is 3.83. The third-order valence-electron chi connectivity index (χ3n) is 4.27. The fourth-order valence-electron chi connectivity index (χ4n) is 2.88. The van der Waals surface area contributed by atoms with Crippen molar-refractivity contribution in [2.45, 2.75) is 50.5 Å². The van der Waals surface area contributed by atoms with Crippen molar-refractivity contribution in [2.75, 3.05) is 0 Å². The summed E-state index contributed by atoms with van der Waals surface area (Å²) in [6, 6.07) is 6.65. The van der Waals surface area contributed by atoms with Crippen LogP contribution >= 0.6 is 0 Å². The molecule has 1 N–H and O–H groups in total. The first-order valence-electron chi connectivity index (χ1n) is 7.87. The highest BCUT2D eigenvalue weighted by Crippen LogP contribution is 2.25. The van der Waals surface area contributed by atoms with Gasteiger partial charge in [-0.05, 0) is 43.7 Å². The first kappa shape index (κ1) is 16.1. The minimum Gasteiger partial charge on any atom is -0.339 e. The van der Waals surface area contributed by atoms with E-state index >= 15 is 0 Å². The Morgan fingerprint density at radius 3 is 2.61 bits per heavy atom. The van der Waals surface area contributed by atoms with Crippen LogP contribution in [0.1, 0.15) is 38.5 Å². The second-order valence-electron chi connectivity index (χ2n) is 6.24. The van der Waals surface area contributed by atoms with Crippen LogP contribution in [0.5, 0.6) is 0 Å². The van der Waals surface area contributed by atoms with Gasteiger partial charge >= 0.3 is 0 Å². The number of hydrogen-bond acceptors (Lipinski definition) is 5. The van der Waals surface area contributed by atoms with Crippen molar-refractivity contribution in [3.8, 4) is 11.4 Å². The SMILES string of the molecule is Cc1nc(-c2cccc(S(=O)(=O)NC3CCC(C)CC3)c2)no1. The Balaban J connectivity index is 1.80. The van der Waals surface area contributed by atoms with Crippen molar-refractivity contribution in [3.63, 3.8) is 0 Å². The fraction of sp³-hybridized carbons (Fsp3) is 0.500. The lowest BCUT2D eigenvalue weighted by Gasteiger charge is -2.26. The molecular weight excluding hydrogens is 314 g/mol. The Hall–Kier alpha value is -1.73. The molecule has 124 valence electrons. The van der Waals surface area contributed by atoms with Crippen LogP contribution in [0.15, 0.2) is 33.7 Å². The predicted octanol–water partition coefficient (Wildman–Crippen LogP) is 2.90. The maximum Gasteiger partial charge on any atom is 0.240 e. The smallest absolute Gasteiger partial charge is 0.240 e. The van der Waals surface area contributed by atoms with Gasteiger partial charge in [0.1, 0.15) is 0 Å². The van der Waals surface area contributed by atoms with Gasteiger partial charge in [-0.25, -0.2) is 13.1 Å². The van der Waals surface area contributed by atoms with Crippen LogP contribution in [0.25, 0.3) is 11.4 Å². The van der Waals surface area contributed by atoms with E-state index in [0.29, 0.717) is 23.2 Å². The summed E-state index contributed by atoms with van der Waals surface area (Å²) < 4.78 is 33.0. The number of rotatable bonds is 4. The average Bonchev–Trinajstić information content (AvgIpc) is 2.96. The minimum atomic E-state index is -3.54. The molecule has 0 saturated heterocycles. The molecule has 1 fully saturated rings. The zero-order chi connectivity index (χ0) is 16.4. The van der Waals surface area contributed by atoms with E-state index in [4.69, 9.17) is 4.52 Å². The highest BCUT2D eigenvalue weighted by molar-refractivity contribution is 7.89. The molecule has 1 aliphatic rings. The van der Waals surface area contributed by atoms with Gasteiger partial charge in [0.15, 0.2) is 0 Å². The molecule has 0 radical (unpaired) electrons. The summed E-state index contributed by atoms with van der Waals surface area (Å²) in [5.41, 5.74) is 0.627. The predicted molar refractivity (Wildman–Crippen MR) is 86.2 cm³/mol.